The van der Waals surface area contributed by atoms with Gasteiger partial charge in [0.05, 0.1) is 0 Å². The molecule has 2 fully saturated rings. The molecule has 1 aliphatic heterocycles. The third-order valence-corrected chi connectivity index (χ3v) is 6.52. The third-order valence-electron chi connectivity index (χ3n) is 5.15. The van der Waals surface area contributed by atoms with Gasteiger partial charge in [-0.05, 0) is 44.1 Å². The molecule has 19 heavy (non-hydrogen) atoms. The Bertz CT molecular complexity index is 280. The quantitative estimate of drug-likeness (QED) is 0.861. The van der Waals surface area contributed by atoms with Crippen LogP contribution < -0.4 is 5.73 Å². The molecule has 0 aromatic heterocycles. The molecular weight excluding hydrogens is 252 g/mol. The van der Waals surface area contributed by atoms with E-state index in [1.54, 1.807) is 0 Å². The summed E-state index contributed by atoms with van der Waals surface area (Å²) in [5.41, 5.74) is 6.37. The monoisotopic (exact) mass is 284 g/mol. The Morgan fingerprint density at radius 3 is 2.79 bits per heavy atom. The molecule has 1 saturated carbocycles. The lowest BCUT2D eigenvalue weighted by molar-refractivity contribution is 0.157. The normalized spacial score (nSPS) is 36.9. The Morgan fingerprint density at radius 1 is 1.26 bits per heavy atom. The molecule has 1 aliphatic carbocycles. The van der Waals surface area contributed by atoms with Crippen molar-refractivity contribution in [3.05, 3.63) is 0 Å². The smallest absolute Gasteiger partial charge is 0.0116 e. The molecule has 3 unspecified atom stereocenters. The summed E-state index contributed by atoms with van der Waals surface area (Å²) in [6.45, 7) is 10.9. The van der Waals surface area contributed by atoms with Crippen LogP contribution in [0.5, 0.6) is 0 Å². The molecule has 0 amide bonds. The molecule has 0 aromatic rings. The molecule has 0 bridgehead atoms. The van der Waals surface area contributed by atoms with E-state index in [1.165, 1.54) is 57.5 Å². The molecular formula is C16H32N2S. The summed E-state index contributed by atoms with van der Waals surface area (Å²) in [5, 5.41) is 0. The molecule has 1 heterocycles. The van der Waals surface area contributed by atoms with Gasteiger partial charge in [-0.1, -0.05) is 27.2 Å². The van der Waals surface area contributed by atoms with Crippen LogP contribution in [0.4, 0.5) is 0 Å². The van der Waals surface area contributed by atoms with Gasteiger partial charge >= 0.3 is 0 Å². The Balaban J connectivity index is 1.85. The van der Waals surface area contributed by atoms with Gasteiger partial charge in [0.1, 0.15) is 0 Å². The van der Waals surface area contributed by atoms with E-state index in [0.717, 1.165) is 11.8 Å². The van der Waals surface area contributed by atoms with Crippen LogP contribution in [-0.2, 0) is 0 Å². The van der Waals surface area contributed by atoms with Crippen molar-refractivity contribution in [2.75, 3.05) is 25.4 Å². The molecule has 0 radical (unpaired) electrons. The van der Waals surface area contributed by atoms with Gasteiger partial charge < -0.3 is 10.6 Å². The zero-order valence-corrected chi connectivity index (χ0v) is 13.8. The molecule has 0 spiro atoms. The van der Waals surface area contributed by atoms with Crippen LogP contribution in [0.1, 0.15) is 52.9 Å². The van der Waals surface area contributed by atoms with Gasteiger partial charge in [-0.3, -0.25) is 0 Å². The van der Waals surface area contributed by atoms with Gasteiger partial charge in [-0.25, -0.2) is 0 Å². The van der Waals surface area contributed by atoms with Crippen molar-refractivity contribution in [1.29, 1.82) is 0 Å². The highest BCUT2D eigenvalue weighted by atomic mass is 32.2. The number of nitrogens with zero attached hydrogens (tertiary/aromatic N) is 1. The molecule has 1 saturated heterocycles. The minimum absolute atomic E-state index is 0.451. The van der Waals surface area contributed by atoms with E-state index in [1.807, 2.05) is 0 Å². The van der Waals surface area contributed by atoms with E-state index in [0.29, 0.717) is 10.8 Å². The standard InChI is InChI=1S/C16H32N2S/c1-4-13-5-6-15(17)14(11-13)12-18-8-7-16(2,3)19-10-9-18/h13-15H,4-12,17H2,1-3H3. The Labute approximate surface area is 123 Å². The van der Waals surface area contributed by atoms with E-state index >= 15 is 0 Å². The van der Waals surface area contributed by atoms with Crippen molar-refractivity contribution in [3.8, 4) is 0 Å². The topological polar surface area (TPSA) is 29.3 Å². The fourth-order valence-corrected chi connectivity index (χ4v) is 4.68. The minimum Gasteiger partial charge on any atom is -0.327 e. The van der Waals surface area contributed by atoms with Crippen LogP contribution in [0, 0.1) is 11.8 Å². The van der Waals surface area contributed by atoms with Gasteiger partial charge in [-0.15, -0.1) is 0 Å². The molecule has 2 N–H and O–H groups in total. The zero-order valence-electron chi connectivity index (χ0n) is 13.0. The van der Waals surface area contributed by atoms with Gasteiger partial charge in [0.15, 0.2) is 0 Å². The summed E-state index contributed by atoms with van der Waals surface area (Å²) in [7, 11) is 0. The molecule has 2 aliphatic rings. The maximum atomic E-state index is 6.37. The summed E-state index contributed by atoms with van der Waals surface area (Å²) in [5.74, 6) is 2.96. The van der Waals surface area contributed by atoms with E-state index in [9.17, 15) is 0 Å². The van der Waals surface area contributed by atoms with Crippen molar-refractivity contribution < 1.29 is 0 Å². The summed E-state index contributed by atoms with van der Waals surface area (Å²) in [4.78, 5) is 2.68. The highest BCUT2D eigenvalue weighted by molar-refractivity contribution is 8.00. The van der Waals surface area contributed by atoms with Gasteiger partial charge in [-0.2, -0.15) is 11.8 Å². The lowest BCUT2D eigenvalue weighted by atomic mass is 9.77. The van der Waals surface area contributed by atoms with Crippen molar-refractivity contribution >= 4 is 11.8 Å². The van der Waals surface area contributed by atoms with Crippen LogP contribution in [0.3, 0.4) is 0 Å². The van der Waals surface area contributed by atoms with Gasteiger partial charge in [0, 0.05) is 29.6 Å². The first-order valence-electron chi connectivity index (χ1n) is 8.12. The predicted octanol–water partition coefficient (Wildman–Crippen LogP) is 3.36. The molecule has 2 rings (SSSR count). The molecule has 112 valence electrons. The Morgan fingerprint density at radius 2 is 2.05 bits per heavy atom. The number of nitrogens with two attached hydrogens (primary N) is 1. The Kier molecular flexibility index (Phi) is 5.62. The summed E-state index contributed by atoms with van der Waals surface area (Å²) in [6, 6.07) is 0.451. The first-order valence-corrected chi connectivity index (χ1v) is 9.10. The fourth-order valence-electron chi connectivity index (χ4n) is 3.54. The Hall–Kier alpha value is 0.270. The lowest BCUT2D eigenvalue weighted by Crippen LogP contribution is -2.43. The number of rotatable bonds is 3. The predicted molar refractivity (Wildman–Crippen MR) is 86.7 cm³/mol. The molecule has 3 atom stereocenters. The number of thioether (sulfide) groups is 1. The van der Waals surface area contributed by atoms with Crippen molar-refractivity contribution in [2.45, 2.75) is 63.7 Å². The van der Waals surface area contributed by atoms with E-state index in [4.69, 9.17) is 5.73 Å². The SMILES string of the molecule is CCC1CCC(N)C(CN2CCSC(C)(C)CC2)C1. The highest BCUT2D eigenvalue weighted by Gasteiger charge is 2.30. The number of hydrogen-bond donors (Lipinski definition) is 1. The zero-order chi connectivity index (χ0) is 13.9. The summed E-state index contributed by atoms with van der Waals surface area (Å²) >= 11 is 2.14. The molecule has 2 nitrogen and oxygen atoms in total. The minimum atomic E-state index is 0.451. The first kappa shape index (κ1) is 15.7. The van der Waals surface area contributed by atoms with Crippen molar-refractivity contribution in [3.63, 3.8) is 0 Å². The summed E-state index contributed by atoms with van der Waals surface area (Å²) < 4.78 is 0.468. The lowest BCUT2D eigenvalue weighted by Gasteiger charge is -2.37. The van der Waals surface area contributed by atoms with Crippen LogP contribution in [-0.4, -0.2) is 41.1 Å². The second-order valence-corrected chi connectivity index (χ2v) is 8.97. The van der Waals surface area contributed by atoms with Crippen molar-refractivity contribution in [2.24, 2.45) is 17.6 Å². The largest absolute Gasteiger partial charge is 0.327 e. The van der Waals surface area contributed by atoms with E-state index in [2.05, 4.69) is 37.4 Å². The van der Waals surface area contributed by atoms with Crippen molar-refractivity contribution in [1.82, 2.24) is 4.90 Å². The van der Waals surface area contributed by atoms with Gasteiger partial charge in [0.25, 0.3) is 0 Å². The average molecular weight is 285 g/mol. The second kappa shape index (κ2) is 6.82. The first-order chi connectivity index (χ1) is 9.00. The fraction of sp³-hybridized carbons (Fsp3) is 1.00. The third kappa shape index (κ3) is 4.64. The molecule has 3 heteroatoms. The van der Waals surface area contributed by atoms with E-state index in [-0.39, 0.29) is 0 Å². The van der Waals surface area contributed by atoms with Crippen LogP contribution >= 0.6 is 11.8 Å². The maximum Gasteiger partial charge on any atom is 0.0116 e. The second-order valence-electron chi connectivity index (χ2n) is 7.17. The van der Waals surface area contributed by atoms with Gasteiger partial charge in [0.2, 0.25) is 0 Å². The maximum absolute atomic E-state index is 6.37. The van der Waals surface area contributed by atoms with Crippen LogP contribution in [0.15, 0.2) is 0 Å². The van der Waals surface area contributed by atoms with Crippen LogP contribution in [0.25, 0.3) is 0 Å². The summed E-state index contributed by atoms with van der Waals surface area (Å²) in [6.07, 6.45) is 6.63. The van der Waals surface area contributed by atoms with E-state index < -0.39 is 0 Å². The number of hydrogen-bond acceptors (Lipinski definition) is 3. The van der Waals surface area contributed by atoms with Crippen LogP contribution in [0.2, 0.25) is 0 Å². The molecule has 0 aromatic carbocycles. The average Bonchev–Trinajstić information content (AvgIpc) is 2.54. The highest BCUT2D eigenvalue weighted by Crippen LogP contribution is 2.33.